The molecule has 1 aromatic heterocycles. The number of rotatable bonds is 6. The molecule has 0 aliphatic heterocycles. The number of aliphatic carboxylic acids is 1. The number of carbonyl (C=O) groups is 2. The van der Waals surface area contributed by atoms with Gasteiger partial charge < -0.3 is 15.0 Å². The summed E-state index contributed by atoms with van der Waals surface area (Å²) in [5.74, 6) is -1.37. The minimum absolute atomic E-state index is 0.0939. The lowest BCUT2D eigenvalue weighted by Gasteiger charge is -2.29. The molecule has 0 radical (unpaired) electrons. The molecule has 1 amide bonds. The fraction of sp³-hybridized carbons (Fsp3) is 0.600. The van der Waals surface area contributed by atoms with Crippen molar-refractivity contribution in [2.45, 2.75) is 51.6 Å². The molecule has 5 nitrogen and oxygen atoms in total. The van der Waals surface area contributed by atoms with E-state index in [-0.39, 0.29) is 11.8 Å². The number of carbonyl (C=O) groups excluding carboxylic acids is 1. The number of nitrogens with zero attached hydrogens (tertiary/aromatic N) is 1. The third-order valence-corrected chi connectivity index (χ3v) is 4.25. The van der Waals surface area contributed by atoms with Gasteiger partial charge in [-0.25, -0.2) is 4.79 Å². The van der Waals surface area contributed by atoms with Crippen molar-refractivity contribution in [3.05, 3.63) is 24.0 Å². The molecule has 1 aliphatic rings. The monoisotopic (exact) mass is 278 g/mol. The van der Waals surface area contributed by atoms with Crippen molar-refractivity contribution in [2.75, 3.05) is 0 Å². The van der Waals surface area contributed by atoms with E-state index in [0.717, 1.165) is 12.8 Å². The average Bonchev–Trinajstić information content (AvgIpc) is 2.81. The first-order valence-corrected chi connectivity index (χ1v) is 7.25. The maximum Gasteiger partial charge on any atom is 0.326 e. The fourth-order valence-corrected chi connectivity index (χ4v) is 2.47. The molecule has 5 heteroatoms. The first-order chi connectivity index (χ1) is 9.54. The minimum Gasteiger partial charge on any atom is -0.480 e. The Kier molecular flexibility index (Phi) is 4.47. The summed E-state index contributed by atoms with van der Waals surface area (Å²) in [6.07, 6.45) is 5.97. The van der Waals surface area contributed by atoms with Gasteiger partial charge in [0.25, 0.3) is 5.91 Å². The molecule has 1 fully saturated rings. The van der Waals surface area contributed by atoms with Crippen molar-refractivity contribution in [2.24, 2.45) is 5.92 Å². The maximum atomic E-state index is 12.3. The predicted octanol–water partition coefficient (Wildman–Crippen LogP) is 2.44. The summed E-state index contributed by atoms with van der Waals surface area (Å²) in [5.41, 5.74) is 0.559. The van der Waals surface area contributed by atoms with Gasteiger partial charge >= 0.3 is 5.97 Å². The summed E-state index contributed by atoms with van der Waals surface area (Å²) in [6.45, 7) is 3.76. The zero-order chi connectivity index (χ0) is 14.7. The van der Waals surface area contributed by atoms with Crippen LogP contribution in [0.4, 0.5) is 0 Å². The Balaban J connectivity index is 2.10. The molecule has 1 aliphatic carbocycles. The minimum atomic E-state index is -0.977. The number of hydrogen-bond acceptors (Lipinski definition) is 2. The van der Waals surface area contributed by atoms with Crippen LogP contribution in [0, 0.1) is 5.92 Å². The number of nitrogens with one attached hydrogen (secondary N) is 1. The van der Waals surface area contributed by atoms with E-state index < -0.39 is 12.0 Å². The lowest BCUT2D eigenvalue weighted by Crippen LogP contribution is -2.45. The second-order valence-electron chi connectivity index (χ2n) is 5.56. The van der Waals surface area contributed by atoms with Gasteiger partial charge in [-0.3, -0.25) is 4.79 Å². The van der Waals surface area contributed by atoms with E-state index in [1.54, 1.807) is 6.07 Å². The number of aromatic nitrogens is 1. The van der Waals surface area contributed by atoms with E-state index in [0.29, 0.717) is 18.2 Å². The second-order valence-corrected chi connectivity index (χ2v) is 5.56. The smallest absolute Gasteiger partial charge is 0.326 e. The van der Waals surface area contributed by atoms with Crippen molar-refractivity contribution in [1.82, 2.24) is 9.88 Å². The van der Waals surface area contributed by atoms with E-state index in [2.05, 4.69) is 5.32 Å². The Morgan fingerprint density at radius 3 is 2.70 bits per heavy atom. The highest BCUT2D eigenvalue weighted by Crippen LogP contribution is 2.32. The van der Waals surface area contributed by atoms with Gasteiger partial charge in [0.2, 0.25) is 0 Å². The lowest BCUT2D eigenvalue weighted by molar-refractivity contribution is -0.140. The van der Waals surface area contributed by atoms with Crippen LogP contribution in [0.3, 0.4) is 0 Å². The fourth-order valence-electron chi connectivity index (χ4n) is 2.47. The summed E-state index contributed by atoms with van der Waals surface area (Å²) in [6, 6.07) is 3.14. The molecule has 110 valence electrons. The SMILES string of the molecule is CCC(C)C(NC(=O)c1cccn1C1CCC1)C(=O)O. The molecule has 20 heavy (non-hydrogen) atoms. The average molecular weight is 278 g/mol. The summed E-state index contributed by atoms with van der Waals surface area (Å²) >= 11 is 0. The molecule has 0 bridgehead atoms. The highest BCUT2D eigenvalue weighted by Gasteiger charge is 2.28. The summed E-state index contributed by atoms with van der Waals surface area (Å²) in [4.78, 5) is 23.6. The van der Waals surface area contributed by atoms with Gasteiger partial charge in [0.1, 0.15) is 11.7 Å². The zero-order valence-electron chi connectivity index (χ0n) is 12.0. The quantitative estimate of drug-likeness (QED) is 0.839. The molecule has 1 heterocycles. The molecular weight excluding hydrogens is 256 g/mol. The Labute approximate surface area is 119 Å². The molecule has 2 rings (SSSR count). The molecule has 2 unspecified atom stereocenters. The first kappa shape index (κ1) is 14.6. The highest BCUT2D eigenvalue weighted by atomic mass is 16.4. The van der Waals surface area contributed by atoms with Crippen LogP contribution in [0.5, 0.6) is 0 Å². The third kappa shape index (κ3) is 2.86. The molecule has 2 N–H and O–H groups in total. The second kappa shape index (κ2) is 6.11. The molecule has 2 atom stereocenters. The van der Waals surface area contributed by atoms with Crippen molar-refractivity contribution in [3.63, 3.8) is 0 Å². The Bertz CT molecular complexity index is 491. The molecule has 0 spiro atoms. The summed E-state index contributed by atoms with van der Waals surface area (Å²) < 4.78 is 1.97. The van der Waals surface area contributed by atoms with Gasteiger partial charge in [-0.15, -0.1) is 0 Å². The number of carboxylic acid groups (broad SMARTS) is 1. The van der Waals surface area contributed by atoms with E-state index in [4.69, 9.17) is 0 Å². The number of amides is 1. The molecule has 0 aromatic carbocycles. The highest BCUT2D eigenvalue weighted by molar-refractivity contribution is 5.95. The topological polar surface area (TPSA) is 71.3 Å². The van der Waals surface area contributed by atoms with Crippen LogP contribution in [0.15, 0.2) is 18.3 Å². The van der Waals surface area contributed by atoms with Crippen LogP contribution in [-0.2, 0) is 4.79 Å². The molecule has 1 aromatic rings. The zero-order valence-corrected chi connectivity index (χ0v) is 12.0. The van der Waals surface area contributed by atoms with E-state index in [1.165, 1.54) is 6.42 Å². The first-order valence-electron chi connectivity index (χ1n) is 7.25. The Morgan fingerprint density at radius 2 is 2.20 bits per heavy atom. The van der Waals surface area contributed by atoms with Crippen LogP contribution in [0.2, 0.25) is 0 Å². The van der Waals surface area contributed by atoms with Gasteiger partial charge in [0, 0.05) is 12.2 Å². The molecular formula is C15H22N2O3. The predicted molar refractivity (Wildman–Crippen MR) is 75.7 cm³/mol. The van der Waals surface area contributed by atoms with Gasteiger partial charge in [-0.2, -0.15) is 0 Å². The molecule has 1 saturated carbocycles. The van der Waals surface area contributed by atoms with Crippen molar-refractivity contribution < 1.29 is 14.7 Å². The largest absolute Gasteiger partial charge is 0.480 e. The van der Waals surface area contributed by atoms with Gasteiger partial charge in [0.15, 0.2) is 0 Å². The van der Waals surface area contributed by atoms with Gasteiger partial charge in [-0.05, 0) is 37.3 Å². The Hall–Kier alpha value is -1.78. The van der Waals surface area contributed by atoms with Crippen LogP contribution in [0.25, 0.3) is 0 Å². The van der Waals surface area contributed by atoms with Crippen LogP contribution in [0.1, 0.15) is 56.1 Å². The van der Waals surface area contributed by atoms with Crippen LogP contribution < -0.4 is 5.32 Å². The van der Waals surface area contributed by atoms with E-state index >= 15 is 0 Å². The lowest BCUT2D eigenvalue weighted by atomic mass is 9.92. The van der Waals surface area contributed by atoms with Crippen molar-refractivity contribution in [3.8, 4) is 0 Å². The summed E-state index contributed by atoms with van der Waals surface area (Å²) in [5, 5.41) is 11.9. The summed E-state index contributed by atoms with van der Waals surface area (Å²) in [7, 11) is 0. The number of carboxylic acids is 1. The van der Waals surface area contributed by atoms with Crippen molar-refractivity contribution in [1.29, 1.82) is 0 Å². The van der Waals surface area contributed by atoms with Crippen LogP contribution in [-0.4, -0.2) is 27.6 Å². The van der Waals surface area contributed by atoms with Gasteiger partial charge in [-0.1, -0.05) is 20.3 Å². The van der Waals surface area contributed by atoms with E-state index in [1.807, 2.05) is 30.7 Å². The molecule has 0 saturated heterocycles. The normalized spacial score (nSPS) is 18.1. The van der Waals surface area contributed by atoms with E-state index in [9.17, 15) is 14.7 Å². The van der Waals surface area contributed by atoms with Gasteiger partial charge in [0.05, 0.1) is 0 Å². The van der Waals surface area contributed by atoms with Crippen LogP contribution >= 0.6 is 0 Å². The maximum absolute atomic E-state index is 12.3. The number of hydrogen-bond donors (Lipinski definition) is 2. The van der Waals surface area contributed by atoms with Crippen molar-refractivity contribution >= 4 is 11.9 Å². The third-order valence-electron chi connectivity index (χ3n) is 4.25. The standard InChI is InChI=1S/C15H22N2O3/c1-3-10(2)13(15(19)20)16-14(18)12-8-5-9-17(12)11-6-4-7-11/h5,8-11,13H,3-4,6-7H2,1-2H3,(H,16,18)(H,19,20). The Morgan fingerprint density at radius 1 is 1.50 bits per heavy atom.